The zero-order valence-corrected chi connectivity index (χ0v) is 4.72. The van der Waals surface area contributed by atoms with Crippen molar-refractivity contribution in [2.24, 2.45) is 5.84 Å². The molecule has 0 saturated heterocycles. The Morgan fingerprint density at radius 3 is 2.56 bits per heavy atom. The first kappa shape index (κ1) is 8.08. The number of nitrogens with two attached hydrogens (primary N) is 1. The molecule has 0 rings (SSSR count). The van der Waals surface area contributed by atoms with Gasteiger partial charge in [0.05, 0.1) is 0 Å². The summed E-state index contributed by atoms with van der Waals surface area (Å²) in [6.07, 6.45) is -1.20. The largest absolute Gasteiger partial charge is 0.375 e. The Morgan fingerprint density at radius 2 is 2.44 bits per heavy atom. The van der Waals surface area contributed by atoms with Gasteiger partial charge in [0.15, 0.2) is 0 Å². The molecule has 0 aliphatic carbocycles. The van der Waals surface area contributed by atoms with E-state index >= 15 is 0 Å². The molecule has 0 saturated carbocycles. The molecule has 0 radical (unpaired) electrons. The average Bonchev–Trinajstić information content (AvgIpc) is 1.63. The van der Waals surface area contributed by atoms with E-state index in [2.05, 4.69) is 4.94 Å². The molecule has 0 fully saturated rings. The van der Waals surface area contributed by atoms with Gasteiger partial charge < -0.3 is 5.11 Å². The quantitative estimate of drug-likeness (QED) is 0.215. The molecular weight excluding hydrogens is 130 g/mol. The fourth-order valence-electron chi connectivity index (χ4n) is 0.145. The number of hydroxylamine groups is 1. The maximum Gasteiger partial charge on any atom is 0.313 e. The van der Waals surface area contributed by atoms with E-state index in [1.165, 1.54) is 6.92 Å². The average molecular weight is 137 g/mol. The minimum Gasteiger partial charge on any atom is -0.375 e. The molecular formula is C2H7N3O4. The van der Waals surface area contributed by atoms with Crippen molar-refractivity contribution in [2.75, 3.05) is 0 Å². The number of hydrogen-bond donors (Lipinski definition) is 2. The molecule has 3 N–H and O–H groups in total. The molecule has 1 unspecified atom stereocenters. The summed E-state index contributed by atoms with van der Waals surface area (Å²) < 4.78 is 0. The summed E-state index contributed by atoms with van der Waals surface area (Å²) in [5.74, 6) is 4.74. The summed E-state index contributed by atoms with van der Waals surface area (Å²) >= 11 is 0. The van der Waals surface area contributed by atoms with Crippen molar-refractivity contribution < 1.29 is 15.1 Å². The topological polar surface area (TPSA) is 102 Å². The molecule has 0 spiro atoms. The van der Waals surface area contributed by atoms with Crippen molar-refractivity contribution in [1.29, 1.82) is 0 Å². The Hall–Kier alpha value is -0.920. The van der Waals surface area contributed by atoms with Crippen LogP contribution in [-0.2, 0) is 4.94 Å². The molecule has 7 heteroatoms. The van der Waals surface area contributed by atoms with E-state index < -0.39 is 11.3 Å². The van der Waals surface area contributed by atoms with Gasteiger partial charge in [-0.2, -0.15) is 4.94 Å². The van der Waals surface area contributed by atoms with E-state index in [4.69, 9.17) is 10.9 Å². The second kappa shape index (κ2) is 3.17. The van der Waals surface area contributed by atoms with Crippen LogP contribution < -0.4 is 5.84 Å². The molecule has 0 aromatic heterocycles. The third-order valence-corrected chi connectivity index (χ3v) is 0.529. The first-order chi connectivity index (χ1) is 4.04. The Balaban J connectivity index is 3.50. The Labute approximate surface area is 50.6 Å². The molecule has 54 valence electrons. The van der Waals surface area contributed by atoms with E-state index in [0.717, 1.165) is 0 Å². The van der Waals surface area contributed by atoms with Gasteiger partial charge in [-0.15, -0.1) is 10.1 Å². The fraction of sp³-hybridized carbons (Fsp3) is 1.00. The SMILES string of the molecule is CC(O)N(N)O[N+](=O)[O-]. The number of rotatable bonds is 3. The van der Waals surface area contributed by atoms with E-state index in [-0.39, 0.29) is 5.17 Å². The van der Waals surface area contributed by atoms with Crippen LogP contribution in [0.25, 0.3) is 0 Å². The van der Waals surface area contributed by atoms with Crippen molar-refractivity contribution in [3.8, 4) is 0 Å². The standard InChI is InChI=1S/C2H7N3O4/c1-2(6)4(3)9-5(7)8/h2,6H,3H2,1H3. The van der Waals surface area contributed by atoms with Gasteiger partial charge in [-0.1, -0.05) is 5.17 Å². The van der Waals surface area contributed by atoms with Gasteiger partial charge in [-0.3, -0.25) is 0 Å². The highest BCUT2D eigenvalue weighted by atomic mass is 17.0. The molecule has 0 bridgehead atoms. The van der Waals surface area contributed by atoms with Crippen LogP contribution in [0.3, 0.4) is 0 Å². The first-order valence-electron chi connectivity index (χ1n) is 2.08. The Kier molecular flexibility index (Phi) is 2.85. The normalized spacial score (nSPS) is 13.3. The predicted octanol–water partition coefficient (Wildman–Crippen LogP) is -1.38. The van der Waals surface area contributed by atoms with Crippen molar-refractivity contribution in [3.05, 3.63) is 10.1 Å². The predicted molar refractivity (Wildman–Crippen MR) is 25.8 cm³/mol. The maximum absolute atomic E-state index is 9.46. The smallest absolute Gasteiger partial charge is 0.313 e. The maximum atomic E-state index is 9.46. The van der Waals surface area contributed by atoms with Crippen LogP contribution in [0.2, 0.25) is 0 Å². The van der Waals surface area contributed by atoms with Gasteiger partial charge in [0.1, 0.15) is 6.23 Å². The van der Waals surface area contributed by atoms with E-state index in [0.29, 0.717) is 0 Å². The number of hydrazine groups is 1. The van der Waals surface area contributed by atoms with Crippen LogP contribution in [0.15, 0.2) is 0 Å². The third kappa shape index (κ3) is 3.64. The lowest BCUT2D eigenvalue weighted by molar-refractivity contribution is -0.817. The molecule has 0 aromatic carbocycles. The molecule has 0 amide bonds. The van der Waals surface area contributed by atoms with Gasteiger partial charge in [0.2, 0.25) is 0 Å². The van der Waals surface area contributed by atoms with Gasteiger partial charge in [-0.05, 0) is 6.92 Å². The van der Waals surface area contributed by atoms with Crippen LogP contribution >= 0.6 is 0 Å². The molecule has 7 nitrogen and oxygen atoms in total. The minimum absolute atomic E-state index is 0.222. The summed E-state index contributed by atoms with van der Waals surface area (Å²) in [6, 6.07) is 0. The molecule has 0 aliphatic rings. The first-order valence-corrected chi connectivity index (χ1v) is 2.08. The van der Waals surface area contributed by atoms with Gasteiger partial charge >= 0.3 is 5.09 Å². The summed E-state index contributed by atoms with van der Waals surface area (Å²) in [5, 5.41) is 17.0. The molecule has 1 atom stereocenters. The lowest BCUT2D eigenvalue weighted by Gasteiger charge is -2.13. The highest BCUT2D eigenvalue weighted by Gasteiger charge is 2.08. The number of aliphatic hydroxyl groups is 1. The second-order valence-electron chi connectivity index (χ2n) is 1.30. The number of aliphatic hydroxyl groups excluding tert-OH is 1. The molecule has 0 aromatic rings. The van der Waals surface area contributed by atoms with Crippen molar-refractivity contribution in [2.45, 2.75) is 13.2 Å². The lowest BCUT2D eigenvalue weighted by atomic mass is 10.7. The second-order valence-corrected chi connectivity index (χ2v) is 1.30. The van der Waals surface area contributed by atoms with Gasteiger partial charge in [-0.25, -0.2) is 5.84 Å². The van der Waals surface area contributed by atoms with E-state index in [1.54, 1.807) is 0 Å². The van der Waals surface area contributed by atoms with Crippen LogP contribution in [0.5, 0.6) is 0 Å². The van der Waals surface area contributed by atoms with Crippen LogP contribution in [0.1, 0.15) is 6.92 Å². The van der Waals surface area contributed by atoms with Crippen molar-refractivity contribution in [3.63, 3.8) is 0 Å². The van der Waals surface area contributed by atoms with Crippen LogP contribution in [-0.4, -0.2) is 21.6 Å². The highest BCUT2D eigenvalue weighted by molar-refractivity contribution is 4.25. The summed E-state index contributed by atoms with van der Waals surface area (Å²) in [6.45, 7) is 1.23. The minimum atomic E-state index is -1.20. The number of nitrogens with zero attached hydrogens (tertiary/aromatic N) is 2. The van der Waals surface area contributed by atoms with Crippen LogP contribution in [0.4, 0.5) is 0 Å². The summed E-state index contributed by atoms with van der Waals surface area (Å²) in [5.41, 5.74) is 0. The van der Waals surface area contributed by atoms with Crippen molar-refractivity contribution in [1.82, 2.24) is 5.17 Å². The fourth-order valence-corrected chi connectivity index (χ4v) is 0.145. The molecule has 9 heavy (non-hydrogen) atoms. The molecule has 0 heterocycles. The van der Waals surface area contributed by atoms with Crippen LogP contribution in [0, 0.1) is 10.1 Å². The van der Waals surface area contributed by atoms with Crippen molar-refractivity contribution >= 4 is 0 Å². The lowest BCUT2D eigenvalue weighted by Crippen LogP contribution is -2.40. The van der Waals surface area contributed by atoms with E-state index in [9.17, 15) is 10.1 Å². The molecule has 0 aliphatic heterocycles. The Bertz CT molecular complexity index is 104. The zero-order valence-electron chi connectivity index (χ0n) is 4.72. The zero-order chi connectivity index (χ0) is 7.44. The third-order valence-electron chi connectivity index (χ3n) is 0.529. The van der Waals surface area contributed by atoms with Gasteiger partial charge in [0, 0.05) is 0 Å². The Morgan fingerprint density at radius 1 is 2.00 bits per heavy atom. The number of hydrogen-bond acceptors (Lipinski definition) is 6. The summed E-state index contributed by atoms with van der Waals surface area (Å²) in [7, 11) is 0. The highest BCUT2D eigenvalue weighted by Crippen LogP contribution is 1.86. The van der Waals surface area contributed by atoms with E-state index in [1.807, 2.05) is 0 Å². The van der Waals surface area contributed by atoms with Gasteiger partial charge in [0.25, 0.3) is 0 Å². The monoisotopic (exact) mass is 137 g/mol. The summed E-state index contributed by atoms with van der Waals surface area (Å²) in [4.78, 5) is 13.1.